The monoisotopic (exact) mass is 318 g/mol. The van der Waals surface area contributed by atoms with Gasteiger partial charge in [0.15, 0.2) is 0 Å². The summed E-state index contributed by atoms with van der Waals surface area (Å²) in [7, 11) is 0. The molecule has 0 radical (unpaired) electrons. The van der Waals surface area contributed by atoms with E-state index in [2.05, 4.69) is 4.98 Å². The van der Waals surface area contributed by atoms with Crippen molar-refractivity contribution in [2.75, 3.05) is 0 Å². The van der Waals surface area contributed by atoms with E-state index in [0.29, 0.717) is 5.02 Å². The molecule has 96 valence electrons. The molecule has 0 aliphatic rings. The third kappa shape index (κ3) is 3.62. The molecular weight excluding hydrogens is 307 g/mol. The number of halogens is 2. The molecule has 0 aliphatic carbocycles. The van der Waals surface area contributed by atoms with Crippen LogP contribution in [-0.4, -0.2) is 11.0 Å². The number of pyridine rings is 1. The third-order valence-electron chi connectivity index (χ3n) is 2.30. The van der Waals surface area contributed by atoms with Crippen LogP contribution in [0.5, 0.6) is 0 Å². The Hall–Kier alpha value is -0.260. The normalized spacial score (nSPS) is 14.4. The van der Waals surface area contributed by atoms with Crippen LogP contribution < -0.4 is 5.73 Å². The Morgan fingerprint density at radius 3 is 2.56 bits per heavy atom. The lowest BCUT2D eigenvalue weighted by Crippen LogP contribution is -2.21. The number of nitrogens with two attached hydrogens (primary N) is 1. The van der Waals surface area contributed by atoms with Crippen molar-refractivity contribution in [2.24, 2.45) is 5.73 Å². The van der Waals surface area contributed by atoms with E-state index in [1.807, 2.05) is 31.2 Å². The molecule has 2 rings (SSSR count). The molecule has 0 aromatic carbocycles. The summed E-state index contributed by atoms with van der Waals surface area (Å²) in [6.07, 6.45) is 1.64. The van der Waals surface area contributed by atoms with Crippen molar-refractivity contribution in [2.45, 2.75) is 23.2 Å². The minimum atomic E-state index is 0.0159. The smallest absolute Gasteiger partial charge is 0.0967 e. The van der Waals surface area contributed by atoms with Gasteiger partial charge in [0.2, 0.25) is 0 Å². The first-order valence-electron chi connectivity index (χ1n) is 5.35. The highest BCUT2D eigenvalue weighted by Gasteiger charge is 2.20. The van der Waals surface area contributed by atoms with Gasteiger partial charge in [-0.2, -0.15) is 0 Å². The van der Waals surface area contributed by atoms with Crippen molar-refractivity contribution in [1.82, 2.24) is 4.98 Å². The molecule has 0 fully saturated rings. The number of aromatic nitrogens is 1. The fraction of sp³-hybridized carbons (Fsp3) is 0.250. The lowest BCUT2D eigenvalue weighted by atomic mass is 10.2. The molecule has 0 amide bonds. The second-order valence-corrected chi connectivity index (χ2v) is 7.20. The standard InChI is InChI=1S/C12H12Cl2N2S2/c1-7(15)12(9-3-4-10(14)17-9)18-11-5-2-8(13)6-16-11/h2-7,12H,15H2,1H3. The summed E-state index contributed by atoms with van der Waals surface area (Å²) < 4.78 is 0.778. The molecule has 6 heteroatoms. The quantitative estimate of drug-likeness (QED) is 0.835. The van der Waals surface area contributed by atoms with Crippen LogP contribution in [0.4, 0.5) is 0 Å². The van der Waals surface area contributed by atoms with E-state index < -0.39 is 0 Å². The van der Waals surface area contributed by atoms with E-state index in [1.165, 1.54) is 0 Å². The van der Waals surface area contributed by atoms with Gasteiger partial charge in [0.25, 0.3) is 0 Å². The molecule has 2 unspecified atom stereocenters. The van der Waals surface area contributed by atoms with E-state index in [9.17, 15) is 0 Å². The van der Waals surface area contributed by atoms with Gasteiger partial charge in [0, 0.05) is 17.1 Å². The fourth-order valence-electron chi connectivity index (χ4n) is 1.47. The number of nitrogens with zero attached hydrogens (tertiary/aromatic N) is 1. The topological polar surface area (TPSA) is 38.9 Å². The molecule has 0 spiro atoms. The summed E-state index contributed by atoms with van der Waals surface area (Å²) in [5, 5.41) is 1.69. The van der Waals surface area contributed by atoms with Crippen LogP contribution in [0.1, 0.15) is 17.1 Å². The summed E-state index contributed by atoms with van der Waals surface area (Å²) >= 11 is 15.0. The molecule has 0 bridgehead atoms. The Balaban J connectivity index is 2.19. The van der Waals surface area contributed by atoms with Gasteiger partial charge < -0.3 is 5.73 Å². The van der Waals surface area contributed by atoms with Gasteiger partial charge in [-0.1, -0.05) is 35.0 Å². The zero-order chi connectivity index (χ0) is 13.1. The van der Waals surface area contributed by atoms with Crippen molar-refractivity contribution in [1.29, 1.82) is 0 Å². The molecule has 0 aliphatic heterocycles. The fourth-order valence-corrected chi connectivity index (χ4v) is 3.96. The van der Waals surface area contributed by atoms with E-state index >= 15 is 0 Å². The van der Waals surface area contributed by atoms with Crippen LogP contribution in [-0.2, 0) is 0 Å². The Morgan fingerprint density at radius 2 is 2.06 bits per heavy atom. The Bertz CT molecular complexity index is 511. The van der Waals surface area contributed by atoms with Crippen LogP contribution in [0.25, 0.3) is 0 Å². The molecule has 0 saturated heterocycles. The van der Waals surface area contributed by atoms with Crippen molar-refractivity contribution < 1.29 is 0 Å². The van der Waals surface area contributed by atoms with E-state index in [4.69, 9.17) is 28.9 Å². The maximum atomic E-state index is 6.04. The van der Waals surface area contributed by atoms with Crippen molar-refractivity contribution in [3.05, 3.63) is 44.7 Å². The average Bonchev–Trinajstić information content (AvgIpc) is 2.74. The predicted octanol–water partition coefficient (Wildman–Crippen LogP) is 4.63. The van der Waals surface area contributed by atoms with Crippen molar-refractivity contribution in [3.63, 3.8) is 0 Å². The molecule has 2 heterocycles. The highest BCUT2D eigenvalue weighted by molar-refractivity contribution is 7.99. The second-order valence-electron chi connectivity index (χ2n) is 3.85. The van der Waals surface area contributed by atoms with E-state index in [0.717, 1.165) is 14.2 Å². The van der Waals surface area contributed by atoms with Gasteiger partial charge in [-0.15, -0.1) is 11.3 Å². The van der Waals surface area contributed by atoms with Crippen LogP contribution in [0.2, 0.25) is 9.36 Å². The molecule has 18 heavy (non-hydrogen) atoms. The minimum Gasteiger partial charge on any atom is -0.327 e. The van der Waals surface area contributed by atoms with Gasteiger partial charge in [-0.25, -0.2) is 4.98 Å². The first kappa shape index (κ1) is 14.2. The van der Waals surface area contributed by atoms with Crippen molar-refractivity contribution in [3.8, 4) is 0 Å². The molecule has 2 aromatic heterocycles. The summed E-state index contributed by atoms with van der Waals surface area (Å²) in [4.78, 5) is 5.44. The Kier molecular flexibility index (Phi) is 4.92. The zero-order valence-corrected chi connectivity index (χ0v) is 12.8. The van der Waals surface area contributed by atoms with E-state index in [-0.39, 0.29) is 11.3 Å². The summed E-state index contributed by atoms with van der Waals surface area (Å²) in [5.41, 5.74) is 6.04. The molecule has 2 N–H and O–H groups in total. The Morgan fingerprint density at radius 1 is 1.28 bits per heavy atom. The van der Waals surface area contributed by atoms with Crippen LogP contribution >= 0.6 is 46.3 Å². The third-order valence-corrected chi connectivity index (χ3v) is 5.41. The van der Waals surface area contributed by atoms with Crippen LogP contribution in [0.3, 0.4) is 0 Å². The molecule has 0 saturated carbocycles. The minimum absolute atomic E-state index is 0.0159. The molecule has 2 atom stereocenters. The van der Waals surface area contributed by atoms with Crippen LogP contribution in [0.15, 0.2) is 35.5 Å². The zero-order valence-electron chi connectivity index (χ0n) is 9.64. The lowest BCUT2D eigenvalue weighted by Gasteiger charge is -2.18. The van der Waals surface area contributed by atoms with Crippen molar-refractivity contribution >= 4 is 46.3 Å². The summed E-state index contributed by atoms with van der Waals surface area (Å²) in [6.45, 7) is 1.99. The van der Waals surface area contributed by atoms with Gasteiger partial charge in [0.05, 0.1) is 19.6 Å². The highest BCUT2D eigenvalue weighted by Crippen LogP contribution is 2.40. The molecule has 2 aromatic rings. The summed E-state index contributed by atoms with van der Waals surface area (Å²) in [6, 6.07) is 7.66. The maximum Gasteiger partial charge on any atom is 0.0967 e. The Labute approximate surface area is 125 Å². The molecular formula is C12H12Cl2N2S2. The lowest BCUT2D eigenvalue weighted by molar-refractivity contribution is 0.728. The first-order chi connectivity index (χ1) is 8.56. The highest BCUT2D eigenvalue weighted by atomic mass is 35.5. The predicted molar refractivity (Wildman–Crippen MR) is 80.8 cm³/mol. The van der Waals surface area contributed by atoms with Crippen LogP contribution in [0, 0.1) is 0 Å². The maximum absolute atomic E-state index is 6.04. The number of hydrogen-bond donors (Lipinski definition) is 1. The number of thioether (sulfide) groups is 1. The first-order valence-corrected chi connectivity index (χ1v) is 7.80. The SMILES string of the molecule is CC(N)C(Sc1ccc(Cl)cn1)c1ccc(Cl)s1. The summed E-state index contributed by atoms with van der Waals surface area (Å²) in [5.74, 6) is 0. The second kappa shape index (κ2) is 6.26. The molecule has 2 nitrogen and oxygen atoms in total. The number of hydrogen-bond acceptors (Lipinski definition) is 4. The number of rotatable bonds is 4. The van der Waals surface area contributed by atoms with E-state index in [1.54, 1.807) is 29.3 Å². The largest absolute Gasteiger partial charge is 0.327 e. The van der Waals surface area contributed by atoms with Gasteiger partial charge >= 0.3 is 0 Å². The average molecular weight is 319 g/mol. The van der Waals surface area contributed by atoms with Gasteiger partial charge in [-0.05, 0) is 31.2 Å². The van der Waals surface area contributed by atoms with Gasteiger partial charge in [0.1, 0.15) is 0 Å². The van der Waals surface area contributed by atoms with Gasteiger partial charge in [-0.3, -0.25) is 0 Å². The number of thiophene rings is 1.